The summed E-state index contributed by atoms with van der Waals surface area (Å²) in [5.74, 6) is -65.8. The first-order chi connectivity index (χ1) is 15.5. The van der Waals surface area contributed by atoms with Crippen LogP contribution in [0, 0.1) is 0 Å². The molecule has 0 aromatic heterocycles. The topological polar surface area (TPSA) is 0 Å². The second-order valence-electron chi connectivity index (χ2n) is 7.99. The summed E-state index contributed by atoms with van der Waals surface area (Å²) in [7, 11) is 0. The van der Waals surface area contributed by atoms with Gasteiger partial charge in [0.05, 0.1) is 11.1 Å². The molecule has 0 saturated heterocycles. The fraction of sp³-hybridized carbons (Fsp3) is 0.625. The Hall–Kier alpha value is -2.18. The fourth-order valence-corrected chi connectivity index (χ4v) is 4.18. The molecule has 0 amide bonds. The van der Waals surface area contributed by atoms with Crippen LogP contribution >= 0.6 is 0 Å². The first-order valence-electron chi connectivity index (χ1n) is 8.53. The fourth-order valence-electron chi connectivity index (χ4n) is 4.18. The first-order valence-corrected chi connectivity index (χ1v) is 8.53. The molecule has 4 fully saturated rings. The van der Waals surface area contributed by atoms with Crippen LogP contribution in [0.4, 0.5) is 87.8 Å². The molecule has 0 N–H and O–H groups in total. The number of halogens is 20. The third-order valence-corrected chi connectivity index (χ3v) is 6.13. The lowest BCUT2D eigenvalue weighted by Crippen LogP contribution is -2.74. The van der Waals surface area contributed by atoms with E-state index in [1.54, 1.807) is 0 Å². The monoisotopic (exact) mass is 572 g/mol. The van der Waals surface area contributed by atoms with Crippen molar-refractivity contribution in [3.05, 3.63) is 33.4 Å². The second kappa shape index (κ2) is 5.78. The molecule has 0 aliphatic heterocycles. The lowest BCUT2D eigenvalue weighted by atomic mass is 9.57. The van der Waals surface area contributed by atoms with E-state index in [2.05, 4.69) is 0 Å². The Morgan fingerprint density at radius 3 is 0.583 bits per heavy atom. The molecule has 204 valence electrons. The average Bonchev–Trinajstić information content (AvgIpc) is 2.66. The number of hydrogen-bond donors (Lipinski definition) is 0. The van der Waals surface area contributed by atoms with Crippen molar-refractivity contribution in [2.45, 2.75) is 59.2 Å². The van der Waals surface area contributed by atoms with Gasteiger partial charge in [-0.1, -0.05) is 0 Å². The van der Waals surface area contributed by atoms with Crippen molar-refractivity contribution in [1.29, 1.82) is 0 Å². The maximum absolute atomic E-state index is 14.0. The molecular weight excluding hydrogens is 572 g/mol. The highest BCUT2D eigenvalue weighted by Crippen LogP contribution is 2.77. The predicted molar refractivity (Wildman–Crippen MR) is 70.5 cm³/mol. The largest absolute Gasteiger partial charge is 0.380 e. The van der Waals surface area contributed by atoms with Crippen LogP contribution in [0.15, 0.2) is 33.4 Å². The van der Waals surface area contributed by atoms with Crippen LogP contribution in [0.2, 0.25) is 0 Å². The van der Waals surface area contributed by atoms with Crippen LogP contribution in [0.5, 0.6) is 0 Å². The third-order valence-electron chi connectivity index (χ3n) is 6.13. The maximum atomic E-state index is 14.0. The molecule has 0 atom stereocenters. The Morgan fingerprint density at radius 1 is 0.222 bits per heavy atom. The summed E-state index contributed by atoms with van der Waals surface area (Å²) in [6, 6.07) is 0. The van der Waals surface area contributed by atoms with E-state index in [-0.39, 0.29) is 0 Å². The molecule has 0 spiro atoms. The minimum atomic E-state index is -6.65. The molecule has 0 radical (unpaired) electrons. The summed E-state index contributed by atoms with van der Waals surface area (Å²) >= 11 is 0. The molecule has 36 heavy (non-hydrogen) atoms. The molecule has 0 aromatic carbocycles. The molecule has 4 saturated carbocycles. The van der Waals surface area contributed by atoms with E-state index in [0.717, 1.165) is 0 Å². The molecule has 4 aliphatic rings. The van der Waals surface area contributed by atoms with Crippen molar-refractivity contribution in [2.75, 3.05) is 0 Å². The Kier molecular flexibility index (Phi) is 4.31. The minimum absolute atomic E-state index is 3.82. The van der Waals surface area contributed by atoms with Gasteiger partial charge in [-0.05, 0) is 0 Å². The third kappa shape index (κ3) is 2.11. The summed E-state index contributed by atoms with van der Waals surface area (Å²) in [5, 5.41) is 0. The second-order valence-corrected chi connectivity index (χ2v) is 7.99. The van der Waals surface area contributed by atoms with E-state index >= 15 is 0 Å². The van der Waals surface area contributed by atoms with Gasteiger partial charge >= 0.3 is 59.2 Å². The van der Waals surface area contributed by atoms with Gasteiger partial charge in [-0.2, -0.15) is 87.8 Å². The quantitative estimate of drug-likeness (QED) is 0.268. The Bertz CT molecular complexity index is 1060. The summed E-state index contributed by atoms with van der Waals surface area (Å²) in [4.78, 5) is 0. The molecule has 0 unspecified atom stereocenters. The smallest absolute Gasteiger partial charge is 0.194 e. The van der Waals surface area contributed by atoms with Gasteiger partial charge in [0.2, 0.25) is 0 Å². The van der Waals surface area contributed by atoms with E-state index < -0.39 is 92.7 Å². The van der Waals surface area contributed by atoms with Crippen LogP contribution in [-0.4, -0.2) is 59.2 Å². The zero-order valence-electron chi connectivity index (χ0n) is 15.6. The van der Waals surface area contributed by atoms with E-state index in [4.69, 9.17) is 0 Å². The van der Waals surface area contributed by atoms with Gasteiger partial charge in [0.1, 0.15) is 0 Å². The number of hydrogen-bond acceptors (Lipinski definition) is 0. The molecule has 20 heteroatoms. The molecule has 0 bridgehead atoms. The van der Waals surface area contributed by atoms with Crippen molar-refractivity contribution in [2.24, 2.45) is 0 Å². The van der Waals surface area contributed by atoms with Crippen LogP contribution < -0.4 is 0 Å². The Labute approximate surface area is 181 Å². The van der Waals surface area contributed by atoms with Crippen molar-refractivity contribution < 1.29 is 87.8 Å². The van der Waals surface area contributed by atoms with Crippen molar-refractivity contribution in [1.82, 2.24) is 0 Å². The standard InChI is InChI=1S/C16F20/c17-7(18)1(3(9(7,21)22)5-11(25,26)15(33,34)12(5,27)28)2-4(10(23,24)8(2,19)20)6-13(29,30)16(35,36)14(6,31)32. The van der Waals surface area contributed by atoms with Gasteiger partial charge < -0.3 is 0 Å². The SMILES string of the molecule is FC1(F)C(=C2C(=C3C(F)(F)C(F)(F)C3(F)F)C(F)(F)C2(F)F)C(=C2C(F)(F)C(F)(F)C2(F)F)C1(F)F. The van der Waals surface area contributed by atoms with Gasteiger partial charge in [0, 0.05) is 22.3 Å². The van der Waals surface area contributed by atoms with Crippen LogP contribution in [0.3, 0.4) is 0 Å². The highest BCUT2D eigenvalue weighted by Gasteiger charge is 2.94. The summed E-state index contributed by atoms with van der Waals surface area (Å²) in [6.45, 7) is 0. The highest BCUT2D eigenvalue weighted by atomic mass is 19.4. The van der Waals surface area contributed by atoms with Gasteiger partial charge in [-0.3, -0.25) is 0 Å². The highest BCUT2D eigenvalue weighted by molar-refractivity contribution is 5.75. The average molecular weight is 572 g/mol. The zero-order valence-corrected chi connectivity index (χ0v) is 15.6. The number of rotatable bonds is 0. The lowest BCUT2D eigenvalue weighted by Gasteiger charge is -2.56. The molecule has 0 aromatic rings. The van der Waals surface area contributed by atoms with E-state index in [9.17, 15) is 87.8 Å². The van der Waals surface area contributed by atoms with Crippen molar-refractivity contribution in [3.63, 3.8) is 0 Å². The van der Waals surface area contributed by atoms with Crippen LogP contribution in [0.1, 0.15) is 0 Å². The molecular formula is C16F20. The van der Waals surface area contributed by atoms with Gasteiger partial charge in [0.15, 0.2) is 0 Å². The minimum Gasteiger partial charge on any atom is -0.194 e. The van der Waals surface area contributed by atoms with Crippen molar-refractivity contribution in [3.8, 4) is 0 Å². The predicted octanol–water partition coefficient (Wildman–Crippen LogP) is 7.28. The summed E-state index contributed by atoms with van der Waals surface area (Å²) < 4.78 is 272. The van der Waals surface area contributed by atoms with Crippen LogP contribution in [0.25, 0.3) is 0 Å². The summed E-state index contributed by atoms with van der Waals surface area (Å²) in [5.41, 5.74) is -23.4. The zero-order chi connectivity index (χ0) is 28.5. The molecule has 4 rings (SSSR count). The Morgan fingerprint density at radius 2 is 0.389 bits per heavy atom. The van der Waals surface area contributed by atoms with E-state index in [0.29, 0.717) is 0 Å². The lowest BCUT2D eigenvalue weighted by molar-refractivity contribution is -0.353. The van der Waals surface area contributed by atoms with Gasteiger partial charge in [-0.25, -0.2) is 0 Å². The van der Waals surface area contributed by atoms with Gasteiger partial charge in [0.25, 0.3) is 0 Å². The normalized spacial score (nSPS) is 36.3. The maximum Gasteiger partial charge on any atom is 0.380 e. The Balaban J connectivity index is 2.17. The van der Waals surface area contributed by atoms with Gasteiger partial charge in [-0.15, -0.1) is 0 Å². The number of alkyl halides is 20. The summed E-state index contributed by atoms with van der Waals surface area (Å²) in [6.07, 6.45) is 0. The van der Waals surface area contributed by atoms with E-state index in [1.807, 2.05) is 0 Å². The first kappa shape index (κ1) is 26.9. The molecule has 0 heterocycles. The van der Waals surface area contributed by atoms with E-state index in [1.165, 1.54) is 0 Å². The van der Waals surface area contributed by atoms with Crippen LogP contribution in [-0.2, 0) is 0 Å². The molecule has 0 nitrogen and oxygen atoms in total. The van der Waals surface area contributed by atoms with Crippen molar-refractivity contribution >= 4 is 0 Å². The molecule has 4 aliphatic carbocycles. The number of allylic oxidation sites excluding steroid dienone is 6.